The van der Waals surface area contributed by atoms with Crippen LogP contribution >= 0.6 is 0 Å². The Morgan fingerprint density at radius 1 is 1.19 bits per heavy atom. The van der Waals surface area contributed by atoms with E-state index in [1.54, 1.807) is 0 Å². The molecule has 0 aliphatic rings. The average molecular weight is 221 g/mol. The molecule has 3 heteroatoms. The Balaban J connectivity index is 1.98. The largest absolute Gasteiger partial charge is 0.484 e. The molecule has 1 N–H and O–H groups in total. The minimum absolute atomic E-state index is 0.350. The van der Waals surface area contributed by atoms with Crippen LogP contribution in [-0.4, -0.2) is 19.6 Å². The topological polar surface area (TPSA) is 42.3 Å². The molecule has 1 rings (SSSR count). The SMILES string of the molecule is COC(=N)CCCCOCc1ccccc1. The summed E-state index contributed by atoms with van der Waals surface area (Å²) in [5.41, 5.74) is 1.20. The van der Waals surface area contributed by atoms with Crippen LogP contribution in [0.3, 0.4) is 0 Å². The molecule has 88 valence electrons. The average Bonchev–Trinajstić information content (AvgIpc) is 2.34. The number of ether oxygens (including phenoxy) is 2. The van der Waals surface area contributed by atoms with Gasteiger partial charge in [-0.25, -0.2) is 0 Å². The first kappa shape index (κ1) is 12.7. The zero-order valence-corrected chi connectivity index (χ0v) is 9.74. The molecule has 0 spiro atoms. The molecular weight excluding hydrogens is 202 g/mol. The fourth-order valence-corrected chi connectivity index (χ4v) is 1.36. The van der Waals surface area contributed by atoms with E-state index in [0.29, 0.717) is 18.9 Å². The Kier molecular flexibility index (Phi) is 6.26. The summed E-state index contributed by atoms with van der Waals surface area (Å²) in [7, 11) is 1.54. The summed E-state index contributed by atoms with van der Waals surface area (Å²) in [5, 5.41) is 7.29. The number of rotatable bonds is 7. The molecule has 1 aromatic rings. The van der Waals surface area contributed by atoms with E-state index in [0.717, 1.165) is 19.4 Å². The van der Waals surface area contributed by atoms with Gasteiger partial charge in [-0.3, -0.25) is 5.41 Å². The van der Waals surface area contributed by atoms with Crippen molar-refractivity contribution in [3.05, 3.63) is 35.9 Å². The van der Waals surface area contributed by atoms with E-state index < -0.39 is 0 Å². The Hall–Kier alpha value is -1.35. The van der Waals surface area contributed by atoms with Crippen molar-refractivity contribution in [2.45, 2.75) is 25.9 Å². The Morgan fingerprint density at radius 3 is 2.62 bits per heavy atom. The third-order valence-corrected chi connectivity index (χ3v) is 2.30. The molecule has 3 nitrogen and oxygen atoms in total. The minimum atomic E-state index is 0.350. The second-order valence-corrected chi connectivity index (χ2v) is 3.62. The van der Waals surface area contributed by atoms with E-state index in [1.165, 1.54) is 12.7 Å². The lowest BCUT2D eigenvalue weighted by atomic mass is 10.2. The fraction of sp³-hybridized carbons (Fsp3) is 0.462. The molecule has 0 heterocycles. The number of hydrogen-bond donors (Lipinski definition) is 1. The highest BCUT2D eigenvalue weighted by Gasteiger charge is 1.96. The molecule has 0 saturated heterocycles. The van der Waals surface area contributed by atoms with Crippen LogP contribution in [0.4, 0.5) is 0 Å². The highest BCUT2D eigenvalue weighted by Crippen LogP contribution is 2.03. The minimum Gasteiger partial charge on any atom is -0.484 e. The zero-order valence-electron chi connectivity index (χ0n) is 9.74. The molecule has 16 heavy (non-hydrogen) atoms. The lowest BCUT2D eigenvalue weighted by Crippen LogP contribution is -2.00. The van der Waals surface area contributed by atoms with Crippen molar-refractivity contribution in [3.8, 4) is 0 Å². The molecule has 0 bridgehead atoms. The maximum absolute atomic E-state index is 7.29. The number of nitrogens with one attached hydrogen (secondary N) is 1. The number of unbranched alkanes of at least 4 members (excludes halogenated alkanes) is 1. The van der Waals surface area contributed by atoms with Crippen molar-refractivity contribution in [1.82, 2.24) is 0 Å². The summed E-state index contributed by atoms with van der Waals surface area (Å²) in [6.07, 6.45) is 2.62. The van der Waals surface area contributed by atoms with Gasteiger partial charge in [0.05, 0.1) is 13.7 Å². The first-order chi connectivity index (χ1) is 7.83. The van der Waals surface area contributed by atoms with Crippen molar-refractivity contribution >= 4 is 5.90 Å². The van der Waals surface area contributed by atoms with Gasteiger partial charge >= 0.3 is 0 Å². The van der Waals surface area contributed by atoms with Crippen LogP contribution in [0.5, 0.6) is 0 Å². The first-order valence-electron chi connectivity index (χ1n) is 5.56. The molecule has 0 atom stereocenters. The summed E-state index contributed by atoms with van der Waals surface area (Å²) in [6.45, 7) is 1.41. The quantitative estimate of drug-likeness (QED) is 0.437. The maximum Gasteiger partial charge on any atom is 0.180 e. The van der Waals surface area contributed by atoms with Crippen LogP contribution < -0.4 is 0 Å². The van der Waals surface area contributed by atoms with E-state index in [1.807, 2.05) is 18.2 Å². The van der Waals surface area contributed by atoms with Gasteiger partial charge in [-0.05, 0) is 18.4 Å². The highest BCUT2D eigenvalue weighted by atomic mass is 16.5. The van der Waals surface area contributed by atoms with Gasteiger partial charge in [0.1, 0.15) is 0 Å². The van der Waals surface area contributed by atoms with Crippen LogP contribution in [0.2, 0.25) is 0 Å². The molecule has 0 aliphatic carbocycles. The van der Waals surface area contributed by atoms with Gasteiger partial charge in [0.2, 0.25) is 0 Å². The Bertz CT molecular complexity index is 298. The first-order valence-corrected chi connectivity index (χ1v) is 5.56. The second-order valence-electron chi connectivity index (χ2n) is 3.62. The fourth-order valence-electron chi connectivity index (χ4n) is 1.36. The van der Waals surface area contributed by atoms with E-state index in [9.17, 15) is 0 Å². The van der Waals surface area contributed by atoms with Crippen molar-refractivity contribution in [2.24, 2.45) is 0 Å². The van der Waals surface area contributed by atoms with Crippen LogP contribution in [0.1, 0.15) is 24.8 Å². The third kappa shape index (κ3) is 5.51. The van der Waals surface area contributed by atoms with Crippen molar-refractivity contribution in [1.29, 1.82) is 5.41 Å². The summed E-state index contributed by atoms with van der Waals surface area (Å²) in [6, 6.07) is 10.1. The van der Waals surface area contributed by atoms with E-state index in [-0.39, 0.29) is 0 Å². The van der Waals surface area contributed by atoms with Crippen LogP contribution in [0, 0.1) is 5.41 Å². The Labute approximate surface area is 96.9 Å². The van der Waals surface area contributed by atoms with Gasteiger partial charge in [-0.15, -0.1) is 0 Å². The number of benzene rings is 1. The molecular formula is C13H19NO2. The molecule has 1 aromatic carbocycles. The molecule has 0 fully saturated rings. The van der Waals surface area contributed by atoms with E-state index >= 15 is 0 Å². The van der Waals surface area contributed by atoms with Gasteiger partial charge < -0.3 is 9.47 Å². The molecule has 0 amide bonds. The number of hydrogen-bond acceptors (Lipinski definition) is 3. The van der Waals surface area contributed by atoms with Crippen molar-refractivity contribution < 1.29 is 9.47 Å². The molecule has 0 radical (unpaired) electrons. The smallest absolute Gasteiger partial charge is 0.180 e. The second kappa shape index (κ2) is 7.88. The summed E-state index contributed by atoms with van der Waals surface area (Å²) < 4.78 is 10.3. The lowest BCUT2D eigenvalue weighted by molar-refractivity contribution is 0.117. The van der Waals surface area contributed by atoms with Gasteiger partial charge in [-0.2, -0.15) is 0 Å². The Morgan fingerprint density at radius 2 is 1.94 bits per heavy atom. The summed E-state index contributed by atoms with van der Waals surface area (Å²) in [4.78, 5) is 0. The molecule has 0 aliphatic heterocycles. The molecule has 0 aromatic heterocycles. The van der Waals surface area contributed by atoms with Gasteiger partial charge in [0, 0.05) is 13.0 Å². The summed E-state index contributed by atoms with van der Waals surface area (Å²) in [5.74, 6) is 0.350. The maximum atomic E-state index is 7.29. The normalized spacial score (nSPS) is 10.1. The van der Waals surface area contributed by atoms with Crippen molar-refractivity contribution in [3.63, 3.8) is 0 Å². The van der Waals surface area contributed by atoms with Gasteiger partial charge in [0.25, 0.3) is 0 Å². The van der Waals surface area contributed by atoms with Crippen LogP contribution in [-0.2, 0) is 16.1 Å². The van der Waals surface area contributed by atoms with Crippen LogP contribution in [0.15, 0.2) is 30.3 Å². The number of methoxy groups -OCH3 is 1. The monoisotopic (exact) mass is 221 g/mol. The predicted molar refractivity (Wildman–Crippen MR) is 64.7 cm³/mol. The third-order valence-electron chi connectivity index (χ3n) is 2.30. The lowest BCUT2D eigenvalue weighted by Gasteiger charge is -2.04. The highest BCUT2D eigenvalue weighted by molar-refractivity contribution is 5.72. The van der Waals surface area contributed by atoms with Crippen molar-refractivity contribution in [2.75, 3.05) is 13.7 Å². The zero-order chi connectivity index (χ0) is 11.6. The summed E-state index contributed by atoms with van der Waals surface area (Å²) >= 11 is 0. The van der Waals surface area contributed by atoms with E-state index in [2.05, 4.69) is 12.1 Å². The standard InChI is InChI=1S/C13H19NO2/c1-15-13(14)9-5-6-10-16-11-12-7-3-2-4-8-12/h2-4,7-8,14H,5-6,9-11H2,1H3. The van der Waals surface area contributed by atoms with E-state index in [4.69, 9.17) is 14.9 Å². The molecule has 0 unspecified atom stereocenters. The predicted octanol–water partition coefficient (Wildman–Crippen LogP) is 3.00. The van der Waals surface area contributed by atoms with Crippen LogP contribution in [0.25, 0.3) is 0 Å². The van der Waals surface area contributed by atoms with Gasteiger partial charge in [-0.1, -0.05) is 30.3 Å². The molecule has 0 saturated carbocycles. The van der Waals surface area contributed by atoms with Gasteiger partial charge in [0.15, 0.2) is 5.90 Å².